The van der Waals surface area contributed by atoms with E-state index in [2.05, 4.69) is 5.10 Å². The molecule has 2 aliphatic heterocycles. The van der Waals surface area contributed by atoms with Crippen molar-refractivity contribution in [1.29, 1.82) is 0 Å². The minimum absolute atomic E-state index is 0.0378. The molecule has 2 fully saturated rings. The Morgan fingerprint density at radius 3 is 2.54 bits per heavy atom. The van der Waals surface area contributed by atoms with Crippen molar-refractivity contribution in [1.82, 2.24) is 14.7 Å². The molecule has 1 atom stereocenters. The van der Waals surface area contributed by atoms with E-state index in [1.54, 1.807) is 0 Å². The first-order valence-electron chi connectivity index (χ1n) is 9.06. The minimum Gasteiger partial charge on any atom is -0.378 e. The van der Waals surface area contributed by atoms with Gasteiger partial charge in [0.1, 0.15) is 5.60 Å². The van der Waals surface area contributed by atoms with Gasteiger partial charge in [-0.15, -0.1) is 0 Å². The monoisotopic (exact) mass is 355 g/mol. The van der Waals surface area contributed by atoms with Crippen molar-refractivity contribution in [3.63, 3.8) is 0 Å². The van der Waals surface area contributed by atoms with Gasteiger partial charge in [-0.05, 0) is 51.1 Å². The van der Waals surface area contributed by atoms with E-state index < -0.39 is 0 Å². The minimum atomic E-state index is -0.381. The Kier molecular flexibility index (Phi) is 4.12. The molecule has 6 heteroatoms. The average molecular weight is 355 g/mol. The summed E-state index contributed by atoms with van der Waals surface area (Å²) in [4.78, 5) is 15.0. The Morgan fingerprint density at radius 1 is 1.15 bits per heavy atom. The second-order valence-electron chi connectivity index (χ2n) is 7.96. The summed E-state index contributed by atoms with van der Waals surface area (Å²) in [6, 6.07) is 9.56. The van der Waals surface area contributed by atoms with Crippen molar-refractivity contribution >= 4 is 5.91 Å². The van der Waals surface area contributed by atoms with Crippen molar-refractivity contribution in [3.05, 3.63) is 47.8 Å². The maximum Gasteiger partial charge on any atom is 0.254 e. The molecule has 0 radical (unpaired) electrons. The number of hydrogen-bond acceptors (Lipinski definition) is 4. The van der Waals surface area contributed by atoms with Gasteiger partial charge in [-0.25, -0.2) is 4.68 Å². The van der Waals surface area contributed by atoms with E-state index in [1.165, 1.54) is 0 Å². The molecule has 1 aromatic carbocycles. The van der Waals surface area contributed by atoms with Gasteiger partial charge in [0.05, 0.1) is 30.1 Å². The second kappa shape index (κ2) is 6.21. The molecular weight excluding hydrogens is 330 g/mol. The third kappa shape index (κ3) is 3.27. The maximum atomic E-state index is 13.1. The summed E-state index contributed by atoms with van der Waals surface area (Å²) >= 11 is 0. The molecule has 138 valence electrons. The predicted molar refractivity (Wildman–Crippen MR) is 97.5 cm³/mol. The normalized spacial score (nSPS) is 25.0. The molecule has 0 N–H and O–H groups in total. The lowest BCUT2D eigenvalue weighted by Crippen LogP contribution is -2.61. The van der Waals surface area contributed by atoms with Gasteiger partial charge in [0.15, 0.2) is 0 Å². The van der Waals surface area contributed by atoms with Gasteiger partial charge in [-0.2, -0.15) is 5.10 Å². The largest absolute Gasteiger partial charge is 0.378 e. The summed E-state index contributed by atoms with van der Waals surface area (Å²) in [5.41, 5.74) is 1.84. The molecule has 2 aromatic rings. The Morgan fingerprint density at radius 2 is 1.92 bits per heavy atom. The maximum absolute atomic E-state index is 13.1. The molecule has 26 heavy (non-hydrogen) atoms. The third-order valence-corrected chi connectivity index (χ3v) is 5.00. The zero-order chi connectivity index (χ0) is 18.4. The molecule has 1 spiro atoms. The second-order valence-corrected chi connectivity index (χ2v) is 7.96. The van der Waals surface area contributed by atoms with Crippen molar-refractivity contribution in [2.45, 2.75) is 38.4 Å². The van der Waals surface area contributed by atoms with Gasteiger partial charge in [0.25, 0.3) is 5.91 Å². The molecule has 0 saturated carbocycles. The van der Waals surface area contributed by atoms with Crippen LogP contribution in [0.15, 0.2) is 36.5 Å². The number of nitrogens with zero attached hydrogens (tertiary/aromatic N) is 3. The summed E-state index contributed by atoms with van der Waals surface area (Å²) < 4.78 is 13.7. The third-order valence-electron chi connectivity index (χ3n) is 5.00. The van der Waals surface area contributed by atoms with Crippen molar-refractivity contribution in [2.75, 3.05) is 26.3 Å². The van der Waals surface area contributed by atoms with E-state index in [0.717, 1.165) is 17.8 Å². The fourth-order valence-corrected chi connectivity index (χ4v) is 3.95. The van der Waals surface area contributed by atoms with Gasteiger partial charge in [-0.3, -0.25) is 4.79 Å². The molecule has 3 heterocycles. The van der Waals surface area contributed by atoms with Gasteiger partial charge in [0, 0.05) is 31.3 Å². The number of carbonyl (C=O) groups excluding carboxylic acids is 1. The molecule has 4 rings (SSSR count). The number of amides is 1. The summed E-state index contributed by atoms with van der Waals surface area (Å²) in [6.45, 7) is 8.43. The van der Waals surface area contributed by atoms with E-state index in [9.17, 15) is 4.79 Å². The zero-order valence-electron chi connectivity index (χ0n) is 15.6. The summed E-state index contributed by atoms with van der Waals surface area (Å²) in [5, 5.41) is 4.40. The molecule has 6 nitrogen and oxygen atoms in total. The van der Waals surface area contributed by atoms with Crippen LogP contribution in [0.5, 0.6) is 0 Å². The first-order chi connectivity index (χ1) is 12.4. The average Bonchev–Trinajstić information content (AvgIpc) is 3.22. The lowest BCUT2D eigenvalue weighted by molar-refractivity contribution is -0.186. The number of benzene rings is 1. The lowest BCUT2D eigenvalue weighted by atomic mass is 9.94. The van der Waals surface area contributed by atoms with Gasteiger partial charge >= 0.3 is 0 Å². The fourth-order valence-electron chi connectivity index (χ4n) is 3.95. The number of carbonyl (C=O) groups is 1. The van der Waals surface area contributed by atoms with Crippen molar-refractivity contribution in [3.8, 4) is 5.69 Å². The van der Waals surface area contributed by atoms with Crippen LogP contribution in [-0.2, 0) is 9.47 Å². The lowest BCUT2D eigenvalue weighted by Gasteiger charge is -2.48. The number of ether oxygens (including phenoxy) is 2. The highest BCUT2D eigenvalue weighted by Crippen LogP contribution is 2.35. The van der Waals surface area contributed by atoms with Crippen molar-refractivity contribution < 1.29 is 14.3 Å². The van der Waals surface area contributed by atoms with Gasteiger partial charge in [0.2, 0.25) is 0 Å². The number of aryl methyl sites for hydroxylation is 1. The van der Waals surface area contributed by atoms with Gasteiger partial charge < -0.3 is 14.4 Å². The van der Waals surface area contributed by atoms with E-state index in [0.29, 0.717) is 31.9 Å². The van der Waals surface area contributed by atoms with Crippen LogP contribution >= 0.6 is 0 Å². The molecule has 1 unspecified atom stereocenters. The van der Waals surface area contributed by atoms with Crippen LogP contribution in [-0.4, -0.2) is 58.1 Å². The molecule has 0 aliphatic carbocycles. The highest BCUT2D eigenvalue weighted by atomic mass is 16.6. The summed E-state index contributed by atoms with van der Waals surface area (Å²) in [5.74, 6) is 0.0378. The van der Waals surface area contributed by atoms with E-state index in [-0.39, 0.29) is 17.1 Å². The predicted octanol–water partition coefficient (Wildman–Crippen LogP) is 2.59. The Labute approximate surface area is 153 Å². The van der Waals surface area contributed by atoms with Gasteiger partial charge in [-0.1, -0.05) is 0 Å². The first kappa shape index (κ1) is 17.2. The van der Waals surface area contributed by atoms with Crippen LogP contribution < -0.4 is 0 Å². The van der Waals surface area contributed by atoms with Crippen LogP contribution in [0.4, 0.5) is 0 Å². The first-order valence-corrected chi connectivity index (χ1v) is 9.06. The van der Waals surface area contributed by atoms with E-state index in [1.807, 2.05) is 66.9 Å². The summed E-state index contributed by atoms with van der Waals surface area (Å²) in [6.07, 6.45) is 2.75. The van der Waals surface area contributed by atoms with E-state index >= 15 is 0 Å². The molecule has 1 aromatic heterocycles. The number of morpholine rings is 1. The number of aromatic nitrogens is 2. The highest BCUT2D eigenvalue weighted by molar-refractivity contribution is 5.94. The Bertz CT molecular complexity index is 804. The SMILES string of the molecule is Cc1ccn(-c2ccc(C(=O)N3CC(C)(C)OC4(CCOC4)C3)cc2)n1. The topological polar surface area (TPSA) is 56.6 Å². The van der Waals surface area contributed by atoms with Crippen LogP contribution in [0.3, 0.4) is 0 Å². The van der Waals surface area contributed by atoms with E-state index in [4.69, 9.17) is 9.47 Å². The van der Waals surface area contributed by atoms with Crippen LogP contribution in [0.1, 0.15) is 36.3 Å². The number of hydrogen-bond donors (Lipinski definition) is 0. The number of rotatable bonds is 2. The van der Waals surface area contributed by atoms with Crippen LogP contribution in [0, 0.1) is 6.92 Å². The van der Waals surface area contributed by atoms with Crippen LogP contribution in [0.2, 0.25) is 0 Å². The zero-order valence-corrected chi connectivity index (χ0v) is 15.6. The molecule has 2 aliphatic rings. The molecular formula is C20H25N3O3. The molecule has 2 saturated heterocycles. The standard InChI is InChI=1S/C20H25N3O3/c1-15-8-10-23(21-15)17-6-4-16(5-7-17)18(24)22-12-19(2,3)26-20(13-22)9-11-25-14-20/h4-8,10H,9,11-14H2,1-3H3. The van der Waals surface area contributed by atoms with Crippen LogP contribution in [0.25, 0.3) is 5.69 Å². The van der Waals surface area contributed by atoms with Crippen molar-refractivity contribution in [2.24, 2.45) is 0 Å². The Balaban J connectivity index is 1.54. The Hall–Kier alpha value is -2.18. The molecule has 1 amide bonds. The summed E-state index contributed by atoms with van der Waals surface area (Å²) in [7, 11) is 0. The molecule has 0 bridgehead atoms. The quantitative estimate of drug-likeness (QED) is 0.831. The highest BCUT2D eigenvalue weighted by Gasteiger charge is 2.48. The smallest absolute Gasteiger partial charge is 0.254 e. The fraction of sp³-hybridized carbons (Fsp3) is 0.500.